The van der Waals surface area contributed by atoms with Crippen molar-refractivity contribution in [3.63, 3.8) is 0 Å². The highest BCUT2D eigenvalue weighted by atomic mass is 16.5. The van der Waals surface area contributed by atoms with Crippen molar-refractivity contribution in [3.05, 3.63) is 48.5 Å². The zero-order chi connectivity index (χ0) is 17.9. The Morgan fingerprint density at radius 1 is 1.15 bits per heavy atom. The van der Waals surface area contributed by atoms with Gasteiger partial charge in [-0.3, -0.25) is 4.90 Å². The number of nitrogens with one attached hydrogen (secondary N) is 1. The van der Waals surface area contributed by atoms with Gasteiger partial charge in [0.15, 0.2) is 0 Å². The van der Waals surface area contributed by atoms with Crippen molar-refractivity contribution >= 4 is 10.9 Å². The number of aromatic nitrogens is 3. The van der Waals surface area contributed by atoms with Gasteiger partial charge in [-0.1, -0.05) is 0 Å². The summed E-state index contributed by atoms with van der Waals surface area (Å²) in [5.41, 5.74) is 2.18. The zero-order valence-corrected chi connectivity index (χ0v) is 15.4. The van der Waals surface area contributed by atoms with Gasteiger partial charge < -0.3 is 14.6 Å². The molecule has 4 rings (SSSR count). The van der Waals surface area contributed by atoms with Crippen molar-refractivity contribution < 1.29 is 4.74 Å². The fourth-order valence-corrected chi connectivity index (χ4v) is 3.57. The lowest BCUT2D eigenvalue weighted by atomic mass is 10.1. The molecule has 1 aliphatic rings. The predicted octanol–water partition coefficient (Wildman–Crippen LogP) is 2.94. The average molecular weight is 351 g/mol. The van der Waals surface area contributed by atoms with Crippen molar-refractivity contribution in [3.8, 4) is 11.6 Å². The second kappa shape index (κ2) is 7.43. The van der Waals surface area contributed by atoms with E-state index in [1.807, 2.05) is 32.3 Å². The minimum Gasteiger partial charge on any atom is -0.439 e. The van der Waals surface area contributed by atoms with Gasteiger partial charge in [-0.25, -0.2) is 9.97 Å². The molecule has 1 aliphatic heterocycles. The molecule has 0 atom stereocenters. The summed E-state index contributed by atoms with van der Waals surface area (Å²) in [6.07, 6.45) is 6.00. The summed E-state index contributed by atoms with van der Waals surface area (Å²) in [5.74, 6) is 1.39. The summed E-state index contributed by atoms with van der Waals surface area (Å²) < 4.78 is 8.07. The third-order valence-corrected chi connectivity index (χ3v) is 5.16. The van der Waals surface area contributed by atoms with Crippen LogP contribution in [0.2, 0.25) is 0 Å². The molecule has 6 nitrogen and oxygen atoms in total. The molecule has 6 heteroatoms. The molecule has 0 radical (unpaired) electrons. The van der Waals surface area contributed by atoms with Crippen LogP contribution in [-0.4, -0.2) is 45.6 Å². The number of hydrogen-bond acceptors (Lipinski definition) is 5. The largest absolute Gasteiger partial charge is 0.439 e. The van der Waals surface area contributed by atoms with Gasteiger partial charge in [0, 0.05) is 55.9 Å². The summed E-state index contributed by atoms with van der Waals surface area (Å²) in [5, 5.41) is 4.52. The Hall–Kier alpha value is -2.44. The molecular weight excluding hydrogens is 326 g/mol. The molecule has 3 heterocycles. The number of aryl methyl sites for hydroxylation is 1. The van der Waals surface area contributed by atoms with E-state index < -0.39 is 0 Å². The summed E-state index contributed by atoms with van der Waals surface area (Å²) >= 11 is 0. The minimum absolute atomic E-state index is 0.593. The first-order chi connectivity index (χ1) is 12.7. The molecule has 1 fully saturated rings. The van der Waals surface area contributed by atoms with Crippen molar-refractivity contribution in [2.75, 3.05) is 20.1 Å². The number of fused-ring (bicyclic) bond motifs is 1. The predicted molar refractivity (Wildman–Crippen MR) is 102 cm³/mol. The number of nitrogens with zero attached hydrogens (tertiary/aromatic N) is 4. The maximum Gasteiger partial charge on any atom is 0.222 e. The fraction of sp³-hybridized carbons (Fsp3) is 0.400. The Morgan fingerprint density at radius 3 is 2.81 bits per heavy atom. The highest BCUT2D eigenvalue weighted by Crippen LogP contribution is 2.25. The summed E-state index contributed by atoms with van der Waals surface area (Å²) in [6.45, 7) is 3.03. The van der Waals surface area contributed by atoms with E-state index in [0.29, 0.717) is 11.9 Å². The third-order valence-electron chi connectivity index (χ3n) is 5.16. The molecule has 3 aromatic rings. The van der Waals surface area contributed by atoms with E-state index in [4.69, 9.17) is 4.74 Å². The first-order valence-electron chi connectivity index (χ1n) is 9.15. The SMILES string of the molecule is CNC1CCN(Cc2cc(Oc3ccc4c(ccn4C)c3)ncn2)CC1. The van der Waals surface area contributed by atoms with E-state index >= 15 is 0 Å². The number of benzene rings is 1. The van der Waals surface area contributed by atoms with Crippen LogP contribution in [0, 0.1) is 0 Å². The van der Waals surface area contributed by atoms with E-state index in [9.17, 15) is 0 Å². The Kier molecular flexibility index (Phi) is 4.86. The van der Waals surface area contributed by atoms with Gasteiger partial charge in [0.2, 0.25) is 5.88 Å². The van der Waals surface area contributed by atoms with Crippen LogP contribution in [0.25, 0.3) is 10.9 Å². The molecule has 0 saturated carbocycles. The van der Waals surface area contributed by atoms with Gasteiger partial charge >= 0.3 is 0 Å². The number of ether oxygens (including phenoxy) is 1. The standard InChI is InChI=1S/C20H25N5O/c1-21-16-6-9-25(10-7-16)13-17-12-20(23-14-22-17)26-18-3-4-19-15(11-18)5-8-24(19)2/h3-5,8,11-12,14,16,21H,6-7,9-10,13H2,1-2H3. The van der Waals surface area contributed by atoms with Crippen LogP contribution < -0.4 is 10.1 Å². The molecule has 26 heavy (non-hydrogen) atoms. The van der Waals surface area contributed by atoms with Crippen LogP contribution in [0.1, 0.15) is 18.5 Å². The average Bonchev–Trinajstić information content (AvgIpc) is 3.03. The number of rotatable bonds is 5. The van der Waals surface area contributed by atoms with Crippen LogP contribution >= 0.6 is 0 Å². The summed E-state index contributed by atoms with van der Waals surface area (Å²) in [7, 11) is 4.08. The number of piperidine rings is 1. The molecule has 1 aromatic carbocycles. The minimum atomic E-state index is 0.593. The number of likely N-dealkylation sites (tertiary alicyclic amines) is 1. The zero-order valence-electron chi connectivity index (χ0n) is 15.4. The number of hydrogen-bond donors (Lipinski definition) is 1. The highest BCUT2D eigenvalue weighted by molar-refractivity contribution is 5.81. The maximum absolute atomic E-state index is 5.97. The molecular formula is C20H25N5O. The van der Waals surface area contributed by atoms with Crippen LogP contribution in [0.15, 0.2) is 42.9 Å². The lowest BCUT2D eigenvalue weighted by Crippen LogP contribution is -2.40. The summed E-state index contributed by atoms with van der Waals surface area (Å²) in [6, 6.07) is 10.8. The molecule has 1 N–H and O–H groups in total. The van der Waals surface area contributed by atoms with Crippen molar-refractivity contribution in [1.29, 1.82) is 0 Å². The smallest absolute Gasteiger partial charge is 0.222 e. The molecule has 0 bridgehead atoms. The van der Waals surface area contributed by atoms with Crippen LogP contribution in [0.5, 0.6) is 11.6 Å². The summed E-state index contributed by atoms with van der Waals surface area (Å²) in [4.78, 5) is 11.1. The Balaban J connectivity index is 1.43. The highest BCUT2D eigenvalue weighted by Gasteiger charge is 2.18. The van der Waals surface area contributed by atoms with E-state index in [0.717, 1.165) is 36.5 Å². The second-order valence-corrected chi connectivity index (χ2v) is 6.94. The van der Waals surface area contributed by atoms with Gasteiger partial charge in [-0.2, -0.15) is 0 Å². The van der Waals surface area contributed by atoms with Crippen LogP contribution in [0.4, 0.5) is 0 Å². The lowest BCUT2D eigenvalue weighted by molar-refractivity contribution is 0.192. The molecule has 1 saturated heterocycles. The Morgan fingerprint density at radius 2 is 2.00 bits per heavy atom. The fourth-order valence-electron chi connectivity index (χ4n) is 3.57. The van der Waals surface area contributed by atoms with E-state index in [1.165, 1.54) is 18.4 Å². The molecule has 0 aliphatic carbocycles. The Bertz CT molecular complexity index is 883. The van der Waals surface area contributed by atoms with E-state index in [2.05, 4.69) is 43.1 Å². The van der Waals surface area contributed by atoms with Gasteiger partial charge in [-0.05, 0) is 44.2 Å². The molecule has 0 amide bonds. The van der Waals surface area contributed by atoms with Crippen LogP contribution in [-0.2, 0) is 13.6 Å². The first kappa shape index (κ1) is 17.0. The Labute approximate surface area is 153 Å². The monoisotopic (exact) mass is 351 g/mol. The van der Waals surface area contributed by atoms with E-state index in [-0.39, 0.29) is 0 Å². The molecule has 136 valence electrons. The third kappa shape index (κ3) is 3.71. The molecule has 0 spiro atoms. The van der Waals surface area contributed by atoms with Crippen molar-refractivity contribution in [2.24, 2.45) is 7.05 Å². The molecule has 2 aromatic heterocycles. The van der Waals surface area contributed by atoms with Crippen molar-refractivity contribution in [1.82, 2.24) is 24.8 Å². The quantitative estimate of drug-likeness (QED) is 0.766. The first-order valence-corrected chi connectivity index (χ1v) is 9.15. The van der Waals surface area contributed by atoms with E-state index in [1.54, 1.807) is 6.33 Å². The van der Waals surface area contributed by atoms with Gasteiger partial charge in [0.25, 0.3) is 0 Å². The van der Waals surface area contributed by atoms with Crippen molar-refractivity contribution in [2.45, 2.75) is 25.4 Å². The van der Waals surface area contributed by atoms with Gasteiger partial charge in [0.1, 0.15) is 12.1 Å². The maximum atomic E-state index is 5.97. The lowest BCUT2D eigenvalue weighted by Gasteiger charge is -2.31. The van der Waals surface area contributed by atoms with Gasteiger partial charge in [-0.15, -0.1) is 0 Å². The van der Waals surface area contributed by atoms with Gasteiger partial charge in [0.05, 0.1) is 5.69 Å². The topological polar surface area (TPSA) is 55.2 Å². The normalized spacial score (nSPS) is 16.2. The molecule has 0 unspecified atom stereocenters. The second-order valence-electron chi connectivity index (χ2n) is 6.94. The van der Waals surface area contributed by atoms with Crippen LogP contribution in [0.3, 0.4) is 0 Å².